The first-order valence-corrected chi connectivity index (χ1v) is 9.56. The summed E-state index contributed by atoms with van der Waals surface area (Å²) in [5, 5.41) is 0. The van der Waals surface area contributed by atoms with Gasteiger partial charge in [-0.15, -0.1) is 11.3 Å². The number of sulfonamides is 1. The Kier molecular flexibility index (Phi) is 4.31. The van der Waals surface area contributed by atoms with E-state index in [-0.39, 0.29) is 5.91 Å². The molecule has 0 aliphatic carbocycles. The number of carbonyl (C=O) groups excluding carboxylic acids is 1. The van der Waals surface area contributed by atoms with Crippen molar-refractivity contribution < 1.29 is 17.6 Å². The maximum Gasteiger partial charge on any atom is 0.289 e. The minimum absolute atomic E-state index is 0.192. The molecule has 0 unspecified atom stereocenters. The molecule has 8 heteroatoms. The average molecular weight is 354 g/mol. The predicted molar refractivity (Wildman–Crippen MR) is 87.2 cm³/mol. The zero-order valence-corrected chi connectivity index (χ0v) is 14.6. The van der Waals surface area contributed by atoms with Gasteiger partial charge in [0, 0.05) is 31.1 Å². The summed E-state index contributed by atoms with van der Waals surface area (Å²) in [6.07, 6.45) is 0. The summed E-state index contributed by atoms with van der Waals surface area (Å²) >= 11 is 1.27. The van der Waals surface area contributed by atoms with E-state index < -0.39 is 10.0 Å². The highest BCUT2D eigenvalue weighted by Crippen LogP contribution is 2.25. The van der Waals surface area contributed by atoms with Crippen LogP contribution in [0, 0.1) is 13.8 Å². The largest absolute Gasteiger partial charge is 0.456 e. The lowest BCUT2D eigenvalue weighted by molar-refractivity contribution is 0.0664. The number of hydrogen-bond acceptors (Lipinski definition) is 5. The van der Waals surface area contributed by atoms with Crippen LogP contribution in [0.3, 0.4) is 0 Å². The Morgan fingerprint density at radius 2 is 1.78 bits per heavy atom. The van der Waals surface area contributed by atoms with Crippen LogP contribution in [0.4, 0.5) is 0 Å². The summed E-state index contributed by atoms with van der Waals surface area (Å²) in [4.78, 5) is 14.9. The van der Waals surface area contributed by atoms with E-state index in [9.17, 15) is 13.2 Å². The number of furan rings is 1. The molecule has 23 heavy (non-hydrogen) atoms. The van der Waals surface area contributed by atoms with Gasteiger partial charge in [0.1, 0.15) is 9.97 Å². The number of thiophene rings is 1. The van der Waals surface area contributed by atoms with E-state index in [0.717, 1.165) is 4.88 Å². The molecule has 1 aliphatic heterocycles. The normalized spacial score (nSPS) is 16.7. The van der Waals surface area contributed by atoms with Gasteiger partial charge < -0.3 is 9.32 Å². The van der Waals surface area contributed by atoms with Gasteiger partial charge in [0.25, 0.3) is 15.9 Å². The van der Waals surface area contributed by atoms with Gasteiger partial charge in [0.2, 0.25) is 0 Å². The van der Waals surface area contributed by atoms with Crippen molar-refractivity contribution in [1.29, 1.82) is 0 Å². The first-order valence-electron chi connectivity index (χ1n) is 7.30. The van der Waals surface area contributed by atoms with Crippen LogP contribution in [0.15, 0.2) is 32.9 Å². The van der Waals surface area contributed by atoms with E-state index in [0.29, 0.717) is 41.9 Å². The van der Waals surface area contributed by atoms with E-state index >= 15 is 0 Å². The van der Waals surface area contributed by atoms with Crippen molar-refractivity contribution in [3.8, 4) is 0 Å². The van der Waals surface area contributed by atoms with Crippen molar-refractivity contribution in [2.75, 3.05) is 26.2 Å². The van der Waals surface area contributed by atoms with Crippen LogP contribution in [0.25, 0.3) is 0 Å². The van der Waals surface area contributed by atoms with Crippen LogP contribution >= 0.6 is 11.3 Å². The minimum Gasteiger partial charge on any atom is -0.456 e. The maximum atomic E-state index is 12.6. The van der Waals surface area contributed by atoms with Crippen molar-refractivity contribution in [3.63, 3.8) is 0 Å². The predicted octanol–water partition coefficient (Wildman–Crippen LogP) is 2.10. The average Bonchev–Trinajstić information content (AvgIpc) is 3.15. The van der Waals surface area contributed by atoms with Crippen molar-refractivity contribution in [2.45, 2.75) is 18.1 Å². The first kappa shape index (κ1) is 16.2. The highest BCUT2D eigenvalue weighted by molar-refractivity contribution is 7.91. The molecule has 0 spiro atoms. The second kappa shape index (κ2) is 6.10. The highest BCUT2D eigenvalue weighted by Gasteiger charge is 2.31. The summed E-state index contributed by atoms with van der Waals surface area (Å²) in [5.41, 5.74) is 0. The molecule has 2 aromatic rings. The summed E-state index contributed by atoms with van der Waals surface area (Å²) in [7, 11) is -3.46. The second-order valence-corrected chi connectivity index (χ2v) is 8.92. The van der Waals surface area contributed by atoms with Crippen molar-refractivity contribution in [2.24, 2.45) is 0 Å². The van der Waals surface area contributed by atoms with E-state index in [1.807, 2.05) is 6.92 Å². The van der Waals surface area contributed by atoms with Gasteiger partial charge in [0.15, 0.2) is 5.76 Å². The van der Waals surface area contributed by atoms with E-state index in [2.05, 4.69) is 0 Å². The Morgan fingerprint density at radius 3 is 2.30 bits per heavy atom. The quantitative estimate of drug-likeness (QED) is 0.846. The topological polar surface area (TPSA) is 70.8 Å². The van der Waals surface area contributed by atoms with E-state index in [4.69, 9.17) is 4.42 Å². The van der Waals surface area contributed by atoms with Gasteiger partial charge in [-0.05, 0) is 38.1 Å². The Balaban J connectivity index is 1.67. The fourth-order valence-corrected chi connectivity index (χ4v) is 5.37. The molecule has 124 valence electrons. The number of rotatable bonds is 3. The van der Waals surface area contributed by atoms with Gasteiger partial charge in [-0.1, -0.05) is 0 Å². The summed E-state index contributed by atoms with van der Waals surface area (Å²) in [6, 6.07) is 6.83. The molecule has 0 N–H and O–H groups in total. The van der Waals surface area contributed by atoms with Crippen LogP contribution in [-0.2, 0) is 10.0 Å². The van der Waals surface area contributed by atoms with E-state index in [1.165, 1.54) is 15.6 Å². The molecule has 2 aromatic heterocycles. The third-order valence-corrected chi connectivity index (χ3v) is 7.15. The Morgan fingerprint density at radius 1 is 1.09 bits per heavy atom. The van der Waals surface area contributed by atoms with E-state index in [1.54, 1.807) is 36.1 Å². The van der Waals surface area contributed by atoms with Crippen LogP contribution in [0.5, 0.6) is 0 Å². The molecule has 0 saturated carbocycles. The Hall–Kier alpha value is -1.64. The number of amides is 1. The lowest BCUT2D eigenvalue weighted by atomic mass is 10.3. The molecule has 0 radical (unpaired) electrons. The minimum atomic E-state index is -3.46. The zero-order valence-electron chi connectivity index (χ0n) is 13.0. The first-order chi connectivity index (χ1) is 10.9. The van der Waals surface area contributed by atoms with Gasteiger partial charge in [-0.25, -0.2) is 8.42 Å². The number of carbonyl (C=O) groups is 1. The molecule has 0 atom stereocenters. The molecule has 1 saturated heterocycles. The molecular weight excluding hydrogens is 336 g/mol. The monoisotopic (exact) mass is 354 g/mol. The molecule has 0 bridgehead atoms. The van der Waals surface area contributed by atoms with Crippen LogP contribution in [-0.4, -0.2) is 49.7 Å². The lowest BCUT2D eigenvalue weighted by Crippen LogP contribution is -2.50. The maximum absolute atomic E-state index is 12.6. The molecule has 0 aromatic carbocycles. The summed E-state index contributed by atoms with van der Waals surface area (Å²) < 4.78 is 32.3. The van der Waals surface area contributed by atoms with Crippen LogP contribution < -0.4 is 0 Å². The molecule has 3 rings (SSSR count). The van der Waals surface area contributed by atoms with Crippen LogP contribution in [0.2, 0.25) is 0 Å². The second-order valence-electron chi connectivity index (χ2n) is 5.47. The number of hydrogen-bond donors (Lipinski definition) is 0. The lowest BCUT2D eigenvalue weighted by Gasteiger charge is -2.33. The number of nitrogens with zero attached hydrogens (tertiary/aromatic N) is 2. The molecular formula is C15H18N2O4S2. The fourth-order valence-electron chi connectivity index (χ4n) is 2.51. The smallest absolute Gasteiger partial charge is 0.289 e. The molecule has 1 fully saturated rings. The highest BCUT2D eigenvalue weighted by atomic mass is 32.2. The third kappa shape index (κ3) is 3.19. The summed E-state index contributed by atoms with van der Waals surface area (Å²) in [6.45, 7) is 4.98. The summed E-state index contributed by atoms with van der Waals surface area (Å²) in [5.74, 6) is 0.789. The van der Waals surface area contributed by atoms with Crippen molar-refractivity contribution >= 4 is 27.3 Å². The van der Waals surface area contributed by atoms with Gasteiger partial charge in [-0.2, -0.15) is 4.31 Å². The van der Waals surface area contributed by atoms with Gasteiger partial charge in [0.05, 0.1) is 0 Å². The number of aryl methyl sites for hydroxylation is 2. The number of piperazine rings is 1. The van der Waals surface area contributed by atoms with Crippen LogP contribution in [0.1, 0.15) is 21.2 Å². The molecule has 1 aliphatic rings. The molecule has 3 heterocycles. The zero-order chi connectivity index (χ0) is 16.6. The fraction of sp³-hybridized carbons (Fsp3) is 0.400. The Bertz CT molecular complexity index is 814. The standard InChI is InChI=1S/C15H18N2O4S2/c1-11-3-5-13(21-11)15(18)16-7-9-17(10-8-16)23(19,20)14-6-4-12(2)22-14/h3-6H,7-10H2,1-2H3. The molecule has 6 nitrogen and oxygen atoms in total. The van der Waals surface area contributed by atoms with Gasteiger partial charge >= 0.3 is 0 Å². The Labute approximate surface area is 139 Å². The molecule has 1 amide bonds. The van der Waals surface area contributed by atoms with Crippen molar-refractivity contribution in [3.05, 3.63) is 40.7 Å². The SMILES string of the molecule is Cc1ccc(C(=O)N2CCN(S(=O)(=O)c3ccc(C)s3)CC2)o1. The van der Waals surface area contributed by atoms with Gasteiger partial charge in [-0.3, -0.25) is 4.79 Å². The van der Waals surface area contributed by atoms with Crippen molar-refractivity contribution in [1.82, 2.24) is 9.21 Å². The third-order valence-electron chi connectivity index (χ3n) is 3.79.